The highest BCUT2D eigenvalue weighted by Crippen LogP contribution is 2.24. The number of pyridine rings is 1. The Morgan fingerprint density at radius 1 is 1.13 bits per heavy atom. The molecule has 0 saturated heterocycles. The van der Waals surface area contributed by atoms with Crippen molar-refractivity contribution in [2.75, 3.05) is 0 Å². The smallest absolute Gasteiger partial charge is 0.340 e. The molecule has 0 amide bonds. The van der Waals surface area contributed by atoms with Gasteiger partial charge in [-0.15, -0.1) is 0 Å². The highest BCUT2D eigenvalue weighted by atomic mass is 16.4. The molecule has 0 radical (unpaired) electrons. The van der Waals surface area contributed by atoms with E-state index in [2.05, 4.69) is 4.98 Å². The molecule has 5 nitrogen and oxygen atoms in total. The van der Waals surface area contributed by atoms with E-state index in [9.17, 15) is 19.5 Å². The van der Waals surface area contributed by atoms with Gasteiger partial charge in [0.2, 0.25) is 0 Å². The third kappa shape index (κ3) is 1.97. The minimum atomic E-state index is -1.24. The van der Waals surface area contributed by atoms with Crippen molar-refractivity contribution in [1.29, 1.82) is 0 Å². The molecule has 1 aromatic heterocycles. The van der Waals surface area contributed by atoms with Crippen molar-refractivity contribution >= 4 is 45.6 Å². The number of fused-ring (bicyclic) bond motifs is 4. The number of carboxylic acids is 1. The van der Waals surface area contributed by atoms with Gasteiger partial charge in [0.15, 0.2) is 11.2 Å². The molecule has 1 aliphatic carbocycles. The summed E-state index contributed by atoms with van der Waals surface area (Å²) < 4.78 is 0. The summed E-state index contributed by atoms with van der Waals surface area (Å²) in [6.45, 7) is 0. The predicted molar refractivity (Wildman–Crippen MR) is 86.8 cm³/mol. The molecule has 0 spiro atoms. The Morgan fingerprint density at radius 2 is 1.91 bits per heavy atom. The maximum Gasteiger partial charge on any atom is 0.340 e. The number of ketones is 1. The van der Waals surface area contributed by atoms with Crippen LogP contribution in [-0.2, 0) is 4.79 Å². The number of hydrogen-bond donors (Lipinski definition) is 2. The van der Waals surface area contributed by atoms with Crippen LogP contribution in [0, 0.1) is 0 Å². The van der Waals surface area contributed by atoms with Gasteiger partial charge >= 0.3 is 5.97 Å². The summed E-state index contributed by atoms with van der Waals surface area (Å²) in [5.74, 6) is -1.22. The first-order chi connectivity index (χ1) is 11.0. The monoisotopic (exact) mass is 305 g/mol. The van der Waals surface area contributed by atoms with Crippen LogP contribution in [0.3, 0.4) is 0 Å². The lowest BCUT2D eigenvalue weighted by Gasteiger charge is -2.08. The van der Waals surface area contributed by atoms with Gasteiger partial charge < -0.3 is 10.1 Å². The molecule has 0 atom stereocenters. The third-order valence-corrected chi connectivity index (χ3v) is 4.11. The van der Waals surface area contributed by atoms with E-state index in [1.54, 1.807) is 24.3 Å². The number of aromatic amines is 1. The van der Waals surface area contributed by atoms with Gasteiger partial charge in [0, 0.05) is 34.1 Å². The third-order valence-electron chi connectivity index (χ3n) is 4.11. The van der Waals surface area contributed by atoms with Crippen LogP contribution in [0.4, 0.5) is 0 Å². The van der Waals surface area contributed by atoms with Gasteiger partial charge in [-0.2, -0.15) is 0 Å². The molecule has 2 N–H and O–H groups in total. The molecule has 0 unspecified atom stereocenters. The fourth-order valence-electron chi connectivity index (χ4n) is 3.07. The Labute approximate surface area is 129 Å². The maximum absolute atomic E-state index is 12.0. The van der Waals surface area contributed by atoms with E-state index < -0.39 is 11.4 Å². The molecular formula is C18H11NO4. The molecular weight excluding hydrogens is 294 g/mol. The molecule has 2 aromatic carbocycles. The summed E-state index contributed by atoms with van der Waals surface area (Å²) in [7, 11) is 0. The normalized spacial score (nSPS) is 13.5. The fraction of sp³-hybridized carbons (Fsp3) is 0.0556. The standard InChI is InChI=1S/C18H11NO4/c20-11-4-1-10-7-12-13(19-14(10)8-11)5-2-9-3-6-15(21)17(16(9)12)18(22)23/h1-3,5-8,19H,4H2,(H,22,23). The largest absolute Gasteiger partial charge is 0.478 e. The number of carbonyl (C=O) groups excluding carboxylic acids is 1. The summed E-state index contributed by atoms with van der Waals surface area (Å²) in [6, 6.07) is 8.32. The van der Waals surface area contributed by atoms with Crippen molar-refractivity contribution in [1.82, 2.24) is 4.98 Å². The van der Waals surface area contributed by atoms with E-state index in [0.717, 1.165) is 5.22 Å². The van der Waals surface area contributed by atoms with Crippen LogP contribution in [-0.4, -0.2) is 21.8 Å². The lowest BCUT2D eigenvalue weighted by atomic mass is 9.98. The number of Topliss-reactive ketones (excluding diaryl/α,β-unsaturated/α-hetero) is 1. The number of rotatable bonds is 1. The van der Waals surface area contributed by atoms with Gasteiger partial charge in [0.1, 0.15) is 5.56 Å². The SMILES string of the molecule is O=C1C=c2[nH]c3ccc4ccc(=O)c(C(=O)O)c4c3cc2=CC1. The first kappa shape index (κ1) is 13.5. The number of hydrogen-bond acceptors (Lipinski definition) is 3. The molecule has 0 aliphatic heterocycles. The van der Waals surface area contributed by atoms with Crippen molar-refractivity contribution in [3.8, 4) is 0 Å². The van der Waals surface area contributed by atoms with E-state index in [-0.39, 0.29) is 11.3 Å². The van der Waals surface area contributed by atoms with Crippen LogP contribution in [0.1, 0.15) is 16.8 Å². The Balaban J connectivity index is 2.28. The molecule has 3 aromatic rings. The minimum Gasteiger partial charge on any atom is -0.478 e. The Kier molecular flexibility index (Phi) is 2.72. The maximum atomic E-state index is 12.0. The van der Waals surface area contributed by atoms with Crippen LogP contribution in [0.2, 0.25) is 0 Å². The zero-order valence-electron chi connectivity index (χ0n) is 11.9. The number of aromatic nitrogens is 1. The summed E-state index contributed by atoms with van der Waals surface area (Å²) in [5.41, 5.74) is -0.0537. The second kappa shape index (κ2) is 4.64. The Bertz CT molecular complexity index is 1200. The second-order valence-corrected chi connectivity index (χ2v) is 5.53. The number of H-pyrrole nitrogens is 1. The molecule has 1 aliphatic rings. The van der Waals surface area contributed by atoms with Crippen LogP contribution >= 0.6 is 0 Å². The highest BCUT2D eigenvalue weighted by molar-refractivity contribution is 6.16. The zero-order chi connectivity index (χ0) is 16.1. The number of benzene rings is 2. The summed E-state index contributed by atoms with van der Waals surface area (Å²) in [4.78, 5) is 38.2. The minimum absolute atomic E-state index is 0.0157. The quantitative estimate of drug-likeness (QED) is 0.654. The van der Waals surface area contributed by atoms with Crippen LogP contribution in [0.15, 0.2) is 35.1 Å². The van der Waals surface area contributed by atoms with Gasteiger partial charge in [-0.05, 0) is 28.8 Å². The van der Waals surface area contributed by atoms with Crippen LogP contribution in [0.25, 0.3) is 33.8 Å². The average Bonchev–Trinajstić information content (AvgIpc) is 2.52. The van der Waals surface area contributed by atoms with Gasteiger partial charge in [0.25, 0.3) is 0 Å². The van der Waals surface area contributed by atoms with E-state index in [1.165, 1.54) is 6.07 Å². The number of carboxylic acid groups (broad SMARTS) is 1. The highest BCUT2D eigenvalue weighted by Gasteiger charge is 2.16. The van der Waals surface area contributed by atoms with Crippen molar-refractivity contribution in [3.05, 3.63) is 56.7 Å². The summed E-state index contributed by atoms with van der Waals surface area (Å²) in [5, 5.41) is 12.7. The number of carbonyl (C=O) groups is 2. The van der Waals surface area contributed by atoms with Crippen molar-refractivity contribution in [2.24, 2.45) is 0 Å². The molecule has 0 fully saturated rings. The number of aromatic carboxylic acids is 1. The first-order valence-corrected chi connectivity index (χ1v) is 7.11. The molecule has 0 saturated carbocycles. The average molecular weight is 305 g/mol. The van der Waals surface area contributed by atoms with Gasteiger partial charge in [0.05, 0.1) is 0 Å². The van der Waals surface area contributed by atoms with E-state index in [0.29, 0.717) is 33.4 Å². The summed E-state index contributed by atoms with van der Waals surface area (Å²) >= 11 is 0. The topological polar surface area (TPSA) is 87.2 Å². The van der Waals surface area contributed by atoms with Crippen LogP contribution in [0.5, 0.6) is 0 Å². The zero-order valence-corrected chi connectivity index (χ0v) is 11.9. The molecule has 1 heterocycles. The molecule has 4 rings (SSSR count). The Morgan fingerprint density at radius 3 is 2.70 bits per heavy atom. The van der Waals surface area contributed by atoms with Crippen molar-refractivity contribution in [3.63, 3.8) is 0 Å². The van der Waals surface area contributed by atoms with Crippen molar-refractivity contribution in [2.45, 2.75) is 6.42 Å². The second-order valence-electron chi connectivity index (χ2n) is 5.53. The molecule has 0 bridgehead atoms. The van der Waals surface area contributed by atoms with Gasteiger partial charge in [-0.1, -0.05) is 18.2 Å². The first-order valence-electron chi connectivity index (χ1n) is 7.11. The number of nitrogens with one attached hydrogen (secondary N) is 1. The molecule has 5 heteroatoms. The lowest BCUT2D eigenvalue weighted by molar-refractivity contribution is -0.112. The van der Waals surface area contributed by atoms with Gasteiger partial charge in [-0.25, -0.2) is 4.79 Å². The van der Waals surface area contributed by atoms with Crippen LogP contribution < -0.4 is 16.0 Å². The Hall–Kier alpha value is -3.21. The van der Waals surface area contributed by atoms with Gasteiger partial charge in [-0.3, -0.25) is 9.59 Å². The fourth-order valence-corrected chi connectivity index (χ4v) is 3.07. The summed E-state index contributed by atoms with van der Waals surface area (Å²) in [6.07, 6.45) is 3.66. The van der Waals surface area contributed by atoms with E-state index >= 15 is 0 Å². The predicted octanol–water partition coefficient (Wildman–Crippen LogP) is 0.913. The molecule has 23 heavy (non-hydrogen) atoms. The van der Waals surface area contributed by atoms with E-state index in [4.69, 9.17) is 0 Å². The van der Waals surface area contributed by atoms with E-state index in [1.807, 2.05) is 12.1 Å². The molecule has 112 valence electrons. The van der Waals surface area contributed by atoms with Crippen molar-refractivity contribution < 1.29 is 14.7 Å². The lowest BCUT2D eigenvalue weighted by Crippen LogP contribution is -2.32.